The maximum absolute atomic E-state index is 12.1. The maximum Gasteiger partial charge on any atom is 0.238 e. The lowest BCUT2D eigenvalue weighted by Gasteiger charge is -2.28. The molecule has 1 aliphatic rings. The third-order valence-electron chi connectivity index (χ3n) is 3.47. The summed E-state index contributed by atoms with van der Waals surface area (Å²) in [6, 6.07) is 7.79. The highest BCUT2D eigenvalue weighted by Crippen LogP contribution is 2.30. The number of carbonyl (C=O) groups is 1. The second-order valence-corrected chi connectivity index (χ2v) is 5.13. The first-order valence-corrected chi connectivity index (χ1v) is 6.82. The van der Waals surface area contributed by atoms with Gasteiger partial charge in [-0.05, 0) is 12.0 Å². The molecule has 0 aromatic heterocycles. The zero-order chi connectivity index (χ0) is 14.5. The van der Waals surface area contributed by atoms with Crippen LogP contribution in [0.4, 0.5) is 0 Å². The fourth-order valence-corrected chi connectivity index (χ4v) is 2.59. The molecule has 5 nitrogen and oxygen atoms in total. The fourth-order valence-electron chi connectivity index (χ4n) is 2.59. The van der Waals surface area contributed by atoms with E-state index in [9.17, 15) is 4.79 Å². The van der Waals surface area contributed by atoms with Crippen LogP contribution in [-0.2, 0) is 9.53 Å². The Labute approximate surface area is 119 Å². The Balaban J connectivity index is 2.19. The van der Waals surface area contributed by atoms with E-state index in [4.69, 9.17) is 9.47 Å². The van der Waals surface area contributed by atoms with Crippen molar-refractivity contribution in [3.63, 3.8) is 0 Å². The Bertz CT molecular complexity index is 464. The number of ether oxygens (including phenoxy) is 2. The van der Waals surface area contributed by atoms with Crippen molar-refractivity contribution < 1.29 is 14.3 Å². The highest BCUT2D eigenvalue weighted by atomic mass is 16.5. The molecule has 1 N–H and O–H groups in total. The number of rotatable bonds is 6. The SMILES string of the molecule is COCC(C)CN1C(=O)CNC1c1ccccc1OC. The van der Waals surface area contributed by atoms with Gasteiger partial charge in [-0.1, -0.05) is 25.1 Å². The van der Waals surface area contributed by atoms with Crippen LogP contribution in [0.2, 0.25) is 0 Å². The summed E-state index contributed by atoms with van der Waals surface area (Å²) in [5.74, 6) is 1.20. The fraction of sp³-hybridized carbons (Fsp3) is 0.533. The number of methoxy groups -OCH3 is 2. The van der Waals surface area contributed by atoms with E-state index in [1.165, 1.54) is 0 Å². The summed E-state index contributed by atoms with van der Waals surface area (Å²) >= 11 is 0. The first-order chi connectivity index (χ1) is 9.67. The van der Waals surface area contributed by atoms with Crippen molar-refractivity contribution in [3.05, 3.63) is 29.8 Å². The molecule has 1 fully saturated rings. The summed E-state index contributed by atoms with van der Waals surface area (Å²) in [7, 11) is 3.33. The normalized spacial score (nSPS) is 20.2. The van der Waals surface area contributed by atoms with Gasteiger partial charge in [-0.25, -0.2) is 0 Å². The van der Waals surface area contributed by atoms with Gasteiger partial charge in [-0.2, -0.15) is 0 Å². The number of nitrogens with one attached hydrogen (secondary N) is 1. The molecule has 0 aliphatic carbocycles. The number of nitrogens with zero attached hydrogens (tertiary/aromatic N) is 1. The van der Waals surface area contributed by atoms with Crippen LogP contribution in [0, 0.1) is 5.92 Å². The first-order valence-electron chi connectivity index (χ1n) is 6.82. The van der Waals surface area contributed by atoms with Crippen LogP contribution in [0.15, 0.2) is 24.3 Å². The van der Waals surface area contributed by atoms with Crippen molar-refractivity contribution in [2.75, 3.05) is 33.9 Å². The van der Waals surface area contributed by atoms with E-state index in [2.05, 4.69) is 12.2 Å². The standard InChI is InChI=1S/C15H22N2O3/c1-11(10-19-2)9-17-14(18)8-16-15(17)12-6-4-5-7-13(12)20-3/h4-7,11,15-16H,8-10H2,1-3H3. The molecule has 1 amide bonds. The van der Waals surface area contributed by atoms with Gasteiger partial charge in [0.1, 0.15) is 11.9 Å². The minimum atomic E-state index is -0.127. The van der Waals surface area contributed by atoms with Crippen molar-refractivity contribution in [2.24, 2.45) is 5.92 Å². The van der Waals surface area contributed by atoms with Gasteiger partial charge in [0.25, 0.3) is 0 Å². The quantitative estimate of drug-likeness (QED) is 0.855. The molecule has 2 rings (SSSR count). The van der Waals surface area contributed by atoms with Gasteiger partial charge < -0.3 is 14.4 Å². The van der Waals surface area contributed by atoms with Crippen LogP contribution in [0.3, 0.4) is 0 Å². The monoisotopic (exact) mass is 278 g/mol. The van der Waals surface area contributed by atoms with Gasteiger partial charge in [0.2, 0.25) is 5.91 Å². The molecule has 1 saturated heterocycles. The van der Waals surface area contributed by atoms with Gasteiger partial charge >= 0.3 is 0 Å². The maximum atomic E-state index is 12.1. The lowest BCUT2D eigenvalue weighted by molar-refractivity contribution is -0.128. The van der Waals surface area contributed by atoms with Crippen LogP contribution in [0.5, 0.6) is 5.75 Å². The van der Waals surface area contributed by atoms with Gasteiger partial charge in [-0.15, -0.1) is 0 Å². The molecule has 0 radical (unpaired) electrons. The average molecular weight is 278 g/mol. The molecular formula is C15H22N2O3. The summed E-state index contributed by atoms with van der Waals surface area (Å²) < 4.78 is 10.5. The minimum absolute atomic E-state index is 0.115. The Kier molecular flexibility index (Phi) is 4.98. The number of benzene rings is 1. The molecule has 0 spiro atoms. The van der Waals surface area contributed by atoms with Crippen molar-refractivity contribution in [3.8, 4) is 5.75 Å². The van der Waals surface area contributed by atoms with Crippen molar-refractivity contribution >= 4 is 5.91 Å². The van der Waals surface area contributed by atoms with Gasteiger partial charge in [0.05, 0.1) is 20.3 Å². The topological polar surface area (TPSA) is 50.8 Å². The molecule has 1 aromatic carbocycles. The predicted octanol–water partition coefficient (Wildman–Crippen LogP) is 1.41. The third-order valence-corrected chi connectivity index (χ3v) is 3.47. The largest absolute Gasteiger partial charge is 0.496 e. The van der Waals surface area contributed by atoms with E-state index >= 15 is 0 Å². The highest BCUT2D eigenvalue weighted by Gasteiger charge is 2.33. The molecule has 110 valence electrons. The van der Waals surface area contributed by atoms with Gasteiger partial charge in [0, 0.05) is 19.2 Å². The van der Waals surface area contributed by atoms with Crippen LogP contribution in [0.1, 0.15) is 18.7 Å². The second kappa shape index (κ2) is 6.72. The molecule has 0 bridgehead atoms. The van der Waals surface area contributed by atoms with E-state index in [1.807, 2.05) is 29.2 Å². The summed E-state index contributed by atoms with van der Waals surface area (Å²) in [5, 5.41) is 3.25. The summed E-state index contributed by atoms with van der Waals surface area (Å²) in [4.78, 5) is 13.9. The highest BCUT2D eigenvalue weighted by molar-refractivity contribution is 5.81. The third kappa shape index (κ3) is 3.11. The van der Waals surface area contributed by atoms with Crippen LogP contribution >= 0.6 is 0 Å². The number of para-hydroxylation sites is 1. The number of amides is 1. The Morgan fingerprint density at radius 1 is 1.40 bits per heavy atom. The Morgan fingerprint density at radius 3 is 2.85 bits per heavy atom. The average Bonchev–Trinajstić information content (AvgIpc) is 2.80. The zero-order valence-corrected chi connectivity index (χ0v) is 12.3. The van der Waals surface area contributed by atoms with Crippen LogP contribution < -0.4 is 10.1 Å². The number of carbonyl (C=O) groups excluding carboxylic acids is 1. The molecule has 2 atom stereocenters. The lowest BCUT2D eigenvalue weighted by Crippen LogP contribution is -2.35. The smallest absolute Gasteiger partial charge is 0.238 e. The van der Waals surface area contributed by atoms with E-state index in [0.717, 1.165) is 11.3 Å². The predicted molar refractivity (Wildman–Crippen MR) is 76.5 cm³/mol. The second-order valence-electron chi connectivity index (χ2n) is 5.13. The summed E-state index contributed by atoms with van der Waals surface area (Å²) in [5.41, 5.74) is 0.991. The van der Waals surface area contributed by atoms with Gasteiger partial charge in [0.15, 0.2) is 0 Å². The summed E-state index contributed by atoms with van der Waals surface area (Å²) in [6.45, 7) is 3.75. The molecule has 1 aliphatic heterocycles. The van der Waals surface area contributed by atoms with Gasteiger partial charge in [-0.3, -0.25) is 10.1 Å². The molecule has 1 heterocycles. The minimum Gasteiger partial charge on any atom is -0.496 e. The number of hydrogen-bond donors (Lipinski definition) is 1. The van der Waals surface area contributed by atoms with Crippen molar-refractivity contribution in [1.29, 1.82) is 0 Å². The number of hydrogen-bond acceptors (Lipinski definition) is 4. The first kappa shape index (κ1) is 14.8. The van der Waals surface area contributed by atoms with Crippen molar-refractivity contribution in [2.45, 2.75) is 13.1 Å². The lowest BCUT2D eigenvalue weighted by atomic mass is 10.1. The zero-order valence-electron chi connectivity index (χ0n) is 12.3. The molecule has 5 heteroatoms. The summed E-state index contributed by atoms with van der Waals surface area (Å²) in [6.07, 6.45) is -0.127. The van der Waals surface area contributed by atoms with Crippen molar-refractivity contribution in [1.82, 2.24) is 10.2 Å². The van der Waals surface area contributed by atoms with E-state index in [0.29, 0.717) is 25.6 Å². The molecule has 20 heavy (non-hydrogen) atoms. The Hall–Kier alpha value is -1.59. The van der Waals surface area contributed by atoms with Crippen LogP contribution in [-0.4, -0.2) is 44.7 Å². The molecule has 0 saturated carbocycles. The molecular weight excluding hydrogens is 256 g/mol. The van der Waals surface area contributed by atoms with E-state index in [1.54, 1.807) is 14.2 Å². The molecule has 2 unspecified atom stereocenters. The Morgan fingerprint density at radius 2 is 2.15 bits per heavy atom. The van der Waals surface area contributed by atoms with Crippen LogP contribution in [0.25, 0.3) is 0 Å². The van der Waals surface area contributed by atoms with E-state index in [-0.39, 0.29) is 12.1 Å². The van der Waals surface area contributed by atoms with E-state index < -0.39 is 0 Å². The molecule has 1 aromatic rings.